The van der Waals surface area contributed by atoms with Crippen LogP contribution in [-0.2, 0) is 6.54 Å². The number of nitrogens with zero attached hydrogens (tertiary/aromatic N) is 3. The Bertz CT molecular complexity index is 789. The van der Waals surface area contributed by atoms with E-state index < -0.39 is 0 Å². The normalized spacial score (nSPS) is 15.6. The summed E-state index contributed by atoms with van der Waals surface area (Å²) in [6.07, 6.45) is 1.81. The minimum Gasteiger partial charge on any atom is -0.504 e. The molecule has 1 saturated heterocycles. The summed E-state index contributed by atoms with van der Waals surface area (Å²) < 4.78 is 2.04. The van der Waals surface area contributed by atoms with E-state index in [1.807, 2.05) is 11.6 Å². The van der Waals surface area contributed by atoms with Crippen LogP contribution in [0.2, 0.25) is 0 Å². The first-order valence-electron chi connectivity index (χ1n) is 8.68. The Kier molecular flexibility index (Phi) is 4.70. The van der Waals surface area contributed by atoms with Crippen molar-refractivity contribution in [1.82, 2.24) is 14.7 Å². The summed E-state index contributed by atoms with van der Waals surface area (Å²) >= 11 is 0. The van der Waals surface area contributed by atoms with Crippen molar-refractivity contribution in [2.45, 2.75) is 40.2 Å². The summed E-state index contributed by atoms with van der Waals surface area (Å²) in [5, 5.41) is 24.4. The van der Waals surface area contributed by atoms with Gasteiger partial charge in [0.1, 0.15) is 0 Å². The van der Waals surface area contributed by atoms with E-state index in [0.29, 0.717) is 24.6 Å². The number of hydrogen-bond acceptors (Lipinski definition) is 4. The number of amides is 1. The molecule has 25 heavy (non-hydrogen) atoms. The molecular formula is C19H25N3O3. The van der Waals surface area contributed by atoms with E-state index in [0.717, 1.165) is 30.8 Å². The second-order valence-electron chi connectivity index (χ2n) is 6.97. The number of benzene rings is 1. The molecule has 2 aromatic rings. The van der Waals surface area contributed by atoms with Crippen molar-refractivity contribution in [2.75, 3.05) is 13.1 Å². The molecule has 0 aliphatic carbocycles. The third kappa shape index (κ3) is 3.48. The molecule has 6 nitrogen and oxygen atoms in total. The van der Waals surface area contributed by atoms with Gasteiger partial charge in [0, 0.05) is 25.3 Å². The van der Waals surface area contributed by atoms with Crippen molar-refractivity contribution in [3.8, 4) is 11.5 Å². The first-order chi connectivity index (χ1) is 11.9. The molecule has 1 aromatic heterocycles. The van der Waals surface area contributed by atoms with Gasteiger partial charge in [-0.2, -0.15) is 5.10 Å². The van der Waals surface area contributed by atoms with Crippen molar-refractivity contribution in [2.24, 2.45) is 5.92 Å². The Balaban J connectivity index is 1.63. The largest absolute Gasteiger partial charge is 0.504 e. The Hall–Kier alpha value is -2.50. The molecule has 6 heteroatoms. The predicted molar refractivity (Wildman–Crippen MR) is 94.8 cm³/mol. The van der Waals surface area contributed by atoms with Crippen molar-refractivity contribution in [3.63, 3.8) is 0 Å². The number of rotatable bonds is 3. The number of phenolic OH excluding ortho intramolecular Hbond substituents is 2. The van der Waals surface area contributed by atoms with Gasteiger partial charge >= 0.3 is 0 Å². The number of carbonyl (C=O) groups is 1. The lowest BCUT2D eigenvalue weighted by molar-refractivity contribution is 0.0677. The van der Waals surface area contributed by atoms with Crippen LogP contribution in [-0.4, -0.2) is 43.9 Å². The molecular weight excluding hydrogens is 318 g/mol. The fourth-order valence-electron chi connectivity index (χ4n) is 3.45. The number of hydrogen-bond donors (Lipinski definition) is 2. The molecule has 0 spiro atoms. The summed E-state index contributed by atoms with van der Waals surface area (Å²) in [7, 11) is 0. The summed E-state index contributed by atoms with van der Waals surface area (Å²) in [4.78, 5) is 14.4. The van der Waals surface area contributed by atoms with E-state index in [9.17, 15) is 15.0 Å². The first-order valence-corrected chi connectivity index (χ1v) is 8.68. The van der Waals surface area contributed by atoms with Gasteiger partial charge < -0.3 is 15.1 Å². The summed E-state index contributed by atoms with van der Waals surface area (Å²) in [5.74, 6) is -0.278. The second kappa shape index (κ2) is 6.78. The quantitative estimate of drug-likeness (QED) is 0.840. The topological polar surface area (TPSA) is 78.6 Å². The molecule has 1 fully saturated rings. The molecule has 134 valence electrons. The molecule has 0 bridgehead atoms. The van der Waals surface area contributed by atoms with Crippen molar-refractivity contribution < 1.29 is 15.0 Å². The van der Waals surface area contributed by atoms with Gasteiger partial charge in [-0.25, -0.2) is 0 Å². The van der Waals surface area contributed by atoms with Gasteiger partial charge in [0.15, 0.2) is 11.5 Å². The van der Waals surface area contributed by atoms with Gasteiger partial charge in [0.2, 0.25) is 0 Å². The van der Waals surface area contributed by atoms with E-state index in [1.165, 1.54) is 0 Å². The summed E-state index contributed by atoms with van der Waals surface area (Å²) in [5.41, 5.74) is 2.91. The molecule has 1 amide bonds. The first kappa shape index (κ1) is 17.3. The molecule has 0 atom stereocenters. The average molecular weight is 343 g/mol. The molecule has 1 aliphatic heterocycles. The van der Waals surface area contributed by atoms with Crippen LogP contribution in [0.5, 0.6) is 11.5 Å². The standard InChI is InChI=1S/C19H25N3O3/c1-12-4-5-16(18(24)17(12)23)19(25)21-8-6-15(7-9-21)11-22-14(3)10-13(2)20-22/h4-5,10,15,23-24H,6-9,11H2,1-3H3. The van der Waals surface area contributed by atoms with E-state index in [1.54, 1.807) is 24.0 Å². The van der Waals surface area contributed by atoms with Gasteiger partial charge in [-0.3, -0.25) is 9.48 Å². The van der Waals surface area contributed by atoms with Crippen LogP contribution in [0.3, 0.4) is 0 Å². The molecule has 2 N–H and O–H groups in total. The molecule has 0 unspecified atom stereocenters. The number of carbonyl (C=O) groups excluding carboxylic acids is 1. The van der Waals surface area contributed by atoms with Crippen molar-refractivity contribution in [3.05, 3.63) is 40.7 Å². The van der Waals surface area contributed by atoms with Crippen LogP contribution < -0.4 is 0 Å². The highest BCUT2D eigenvalue weighted by atomic mass is 16.3. The SMILES string of the molecule is Cc1cc(C)n(CC2CCN(C(=O)c3ccc(C)c(O)c3O)CC2)n1. The van der Waals surface area contributed by atoms with E-state index in [-0.39, 0.29) is 23.0 Å². The zero-order valence-corrected chi connectivity index (χ0v) is 15.0. The van der Waals surface area contributed by atoms with Crippen LogP contribution in [0, 0.1) is 26.7 Å². The average Bonchev–Trinajstić information content (AvgIpc) is 2.90. The van der Waals surface area contributed by atoms with Gasteiger partial charge in [-0.1, -0.05) is 6.07 Å². The highest BCUT2D eigenvalue weighted by Crippen LogP contribution is 2.33. The highest BCUT2D eigenvalue weighted by molar-refractivity contribution is 5.97. The van der Waals surface area contributed by atoms with Gasteiger partial charge in [-0.15, -0.1) is 0 Å². The third-order valence-corrected chi connectivity index (χ3v) is 5.02. The fraction of sp³-hybridized carbons (Fsp3) is 0.474. The van der Waals surface area contributed by atoms with E-state index in [4.69, 9.17) is 0 Å². The monoisotopic (exact) mass is 343 g/mol. The third-order valence-electron chi connectivity index (χ3n) is 5.02. The van der Waals surface area contributed by atoms with Crippen LogP contribution >= 0.6 is 0 Å². The van der Waals surface area contributed by atoms with E-state index >= 15 is 0 Å². The number of aryl methyl sites for hydroxylation is 3. The Morgan fingerprint density at radius 2 is 1.84 bits per heavy atom. The van der Waals surface area contributed by atoms with Gasteiger partial charge in [0.05, 0.1) is 11.3 Å². The molecule has 1 aliphatic rings. The van der Waals surface area contributed by atoms with Crippen molar-refractivity contribution in [1.29, 1.82) is 0 Å². The Labute approximate surface area is 147 Å². The van der Waals surface area contributed by atoms with Crippen LogP contribution in [0.4, 0.5) is 0 Å². The highest BCUT2D eigenvalue weighted by Gasteiger charge is 2.26. The molecule has 0 radical (unpaired) electrons. The predicted octanol–water partition coefficient (Wildman–Crippen LogP) is 2.77. The number of phenols is 2. The maximum Gasteiger partial charge on any atom is 0.257 e. The number of aromatic hydroxyl groups is 2. The number of piperidine rings is 1. The lowest BCUT2D eigenvalue weighted by Gasteiger charge is -2.32. The minimum atomic E-state index is -0.324. The smallest absolute Gasteiger partial charge is 0.257 e. The zero-order valence-electron chi connectivity index (χ0n) is 15.0. The van der Waals surface area contributed by atoms with E-state index in [2.05, 4.69) is 18.1 Å². The summed E-state index contributed by atoms with van der Waals surface area (Å²) in [6, 6.07) is 5.30. The molecule has 0 saturated carbocycles. The minimum absolute atomic E-state index is 0.167. The molecule has 1 aromatic carbocycles. The maximum absolute atomic E-state index is 12.6. The van der Waals surface area contributed by atoms with Crippen molar-refractivity contribution >= 4 is 5.91 Å². The number of likely N-dealkylation sites (tertiary alicyclic amines) is 1. The number of aromatic nitrogens is 2. The van der Waals surface area contributed by atoms with Crippen LogP contribution in [0.15, 0.2) is 18.2 Å². The second-order valence-corrected chi connectivity index (χ2v) is 6.97. The van der Waals surface area contributed by atoms with Crippen LogP contribution in [0.1, 0.15) is 40.2 Å². The molecule has 3 rings (SSSR count). The lowest BCUT2D eigenvalue weighted by Crippen LogP contribution is -2.39. The molecule has 2 heterocycles. The van der Waals surface area contributed by atoms with Gasteiger partial charge in [-0.05, 0) is 57.2 Å². The fourth-order valence-corrected chi connectivity index (χ4v) is 3.45. The zero-order chi connectivity index (χ0) is 18.1. The van der Waals surface area contributed by atoms with Crippen LogP contribution in [0.25, 0.3) is 0 Å². The summed E-state index contributed by atoms with van der Waals surface area (Å²) in [6.45, 7) is 7.92. The Morgan fingerprint density at radius 3 is 2.44 bits per heavy atom. The lowest BCUT2D eigenvalue weighted by atomic mass is 9.96. The Morgan fingerprint density at radius 1 is 1.16 bits per heavy atom. The maximum atomic E-state index is 12.6. The van der Waals surface area contributed by atoms with Gasteiger partial charge in [0.25, 0.3) is 5.91 Å².